The summed E-state index contributed by atoms with van der Waals surface area (Å²) in [5, 5.41) is 38.4. The van der Waals surface area contributed by atoms with E-state index in [1.54, 1.807) is 11.8 Å². The lowest BCUT2D eigenvalue weighted by Crippen LogP contribution is -2.61. The number of nitrogens with two attached hydrogens (primary N) is 2. The molecule has 31 heteroatoms. The van der Waals surface area contributed by atoms with Crippen molar-refractivity contribution in [3.05, 3.63) is 47.7 Å². The van der Waals surface area contributed by atoms with E-state index in [0.29, 0.717) is 74.8 Å². The monoisotopic (exact) mass is 1550 g/mol. The second kappa shape index (κ2) is 49.7. The predicted octanol–water partition coefficient (Wildman–Crippen LogP) is -0.971. The Hall–Kier alpha value is -5.98. The smallest absolute Gasteiger partial charge is 0.351 e. The highest BCUT2D eigenvalue weighted by Gasteiger charge is 2.60. The van der Waals surface area contributed by atoms with E-state index in [1.165, 1.54) is 77.0 Å². The van der Waals surface area contributed by atoms with Crippen LogP contribution >= 0.6 is 0 Å². The van der Waals surface area contributed by atoms with E-state index >= 15 is 0 Å². The minimum atomic E-state index is -1.81. The molecule has 3 unspecified atom stereocenters. The van der Waals surface area contributed by atoms with Crippen molar-refractivity contribution in [2.75, 3.05) is 229 Å². The van der Waals surface area contributed by atoms with Gasteiger partial charge in [-0.3, -0.25) is 69.4 Å². The molecule has 1 saturated heterocycles. The van der Waals surface area contributed by atoms with E-state index in [0.717, 1.165) is 200 Å². The van der Waals surface area contributed by atoms with Crippen LogP contribution in [0, 0.1) is 11.8 Å². The zero-order valence-electron chi connectivity index (χ0n) is 67.3. The molecule has 3 atom stereocenters. The first-order valence-electron chi connectivity index (χ1n) is 42.6. The van der Waals surface area contributed by atoms with Gasteiger partial charge in [-0.2, -0.15) is 0 Å². The van der Waals surface area contributed by atoms with Gasteiger partial charge in [-0.25, -0.2) is 9.78 Å². The summed E-state index contributed by atoms with van der Waals surface area (Å²) in [5.41, 5.74) is 10.2. The minimum absolute atomic E-state index is 0.0300. The number of rotatable bonds is 62. The number of esters is 2. The first-order chi connectivity index (χ1) is 54.2. The SMILES string of the molecule is CCNC(=O)CCC(=O)NCCN(CCNC1CCC1)CCN(CCNC1CCC1)CCN(CCN)CCNCCN(CCNCCN(CCNN)C1CCC1)CCN(CCNCCNCCNC1CCC1)CCNC(=O)CCC(=O)NCC(=O)OC1(CC)C(=O)OCC2C(=O)N3Cc4cc5ccccc5nc4C3=CC21. The summed E-state index contributed by atoms with van der Waals surface area (Å²) in [6, 6.07) is 12.3. The summed E-state index contributed by atoms with van der Waals surface area (Å²) in [5.74, 6) is 1.27. The van der Waals surface area contributed by atoms with Gasteiger partial charge in [-0.1, -0.05) is 50.8 Å². The summed E-state index contributed by atoms with van der Waals surface area (Å²) in [4.78, 5) is 115. The molecule has 4 heterocycles. The van der Waals surface area contributed by atoms with E-state index < -0.39 is 41.8 Å². The molecule has 5 amide bonds. The molecule has 4 aliphatic carbocycles. The van der Waals surface area contributed by atoms with Crippen molar-refractivity contribution < 1.29 is 43.0 Å². The van der Waals surface area contributed by atoms with Gasteiger partial charge in [0.15, 0.2) is 0 Å². The third-order valence-corrected chi connectivity index (χ3v) is 23.6. The van der Waals surface area contributed by atoms with E-state index in [2.05, 4.69) is 93.3 Å². The van der Waals surface area contributed by atoms with E-state index in [-0.39, 0.29) is 62.3 Å². The fourth-order valence-corrected chi connectivity index (χ4v) is 15.7. The van der Waals surface area contributed by atoms with Gasteiger partial charge in [0, 0.05) is 283 Å². The Morgan fingerprint density at radius 1 is 0.541 bits per heavy atom. The molecule has 1 aromatic heterocycles. The third-order valence-electron chi connectivity index (χ3n) is 23.6. The fourth-order valence-electron chi connectivity index (χ4n) is 15.7. The highest BCUT2D eigenvalue weighted by atomic mass is 16.6. The van der Waals surface area contributed by atoms with Crippen LogP contribution in [-0.4, -0.2) is 340 Å². The third kappa shape index (κ3) is 30.0. The average Bonchev–Trinajstić information content (AvgIpc) is 1.66. The number of carbonyl (C=O) groups is 7. The summed E-state index contributed by atoms with van der Waals surface area (Å²) in [7, 11) is 0. The minimum Gasteiger partial charge on any atom is -0.462 e. The van der Waals surface area contributed by atoms with Crippen LogP contribution in [-0.2, 0) is 49.6 Å². The Labute approximate surface area is 660 Å². The number of benzene rings is 1. The standard InChI is InChI=1S/C80H140N22O9/c1-3-80(69-58-71-77-63(57-62-11-5-6-20-70(62)95-77)60-102(71)78(108)68(69)61-110-79(80)109)111-76(107)59-93-75(106)24-23-74(105)91-37-47-98(42-30-84-27-26-83-28-29-88-64-12-7-13-64)53-52-97(44-33-86-34-49-101(50-39-94-82)67-18-10-19-67)43-32-85-31-41-96(40-25-81)51-55-100(46-36-90-66-16-9-17-66)56-54-99(45-35-89-65-14-8-15-65)48-38-92-73(104)22-21-72(103)87-4-2/h5-6,11,20,57-58,64-69,83-86,88-90,94H,3-4,7-10,12-19,21-56,59-61,81-82H2,1-2H3,(H,87,103)(H,91,105)(H,92,104)(H,93,106). The van der Waals surface area contributed by atoms with Crippen LogP contribution in [0.25, 0.3) is 16.6 Å². The van der Waals surface area contributed by atoms with Crippen LogP contribution in [0.3, 0.4) is 0 Å². The molecular formula is C80H140N22O9. The average molecular weight is 1550 g/mol. The molecule has 31 nitrogen and oxygen atoms in total. The second-order valence-electron chi connectivity index (χ2n) is 31.4. The van der Waals surface area contributed by atoms with Crippen molar-refractivity contribution in [2.45, 2.75) is 159 Å². The van der Waals surface area contributed by atoms with Crippen LogP contribution in [0.1, 0.15) is 134 Å². The van der Waals surface area contributed by atoms with Crippen LogP contribution < -0.4 is 75.5 Å². The first kappa shape index (κ1) is 89.0. The van der Waals surface area contributed by atoms with Crippen LogP contribution in [0.15, 0.2) is 36.4 Å². The molecule has 2 aromatic rings. The number of amides is 5. The number of hydrogen-bond donors (Lipinski definition) is 14. The summed E-state index contributed by atoms with van der Waals surface area (Å²) < 4.78 is 11.6. The molecule has 5 fully saturated rings. The van der Waals surface area contributed by atoms with Crippen molar-refractivity contribution in [1.29, 1.82) is 0 Å². The largest absolute Gasteiger partial charge is 0.462 e. The van der Waals surface area contributed by atoms with Gasteiger partial charge >= 0.3 is 11.9 Å². The van der Waals surface area contributed by atoms with Crippen molar-refractivity contribution in [2.24, 2.45) is 23.4 Å². The van der Waals surface area contributed by atoms with Gasteiger partial charge in [0.2, 0.25) is 35.1 Å². The van der Waals surface area contributed by atoms with E-state index in [4.69, 9.17) is 26.0 Å². The van der Waals surface area contributed by atoms with Gasteiger partial charge < -0.3 is 78.6 Å². The van der Waals surface area contributed by atoms with E-state index in [1.807, 2.05) is 43.3 Å². The normalized spacial score (nSPS) is 19.3. The summed E-state index contributed by atoms with van der Waals surface area (Å²) in [6.45, 7) is 30.1. The zero-order valence-corrected chi connectivity index (χ0v) is 67.3. The fraction of sp³-hybridized carbons (Fsp3) is 0.775. The van der Waals surface area contributed by atoms with Crippen LogP contribution in [0.2, 0.25) is 0 Å². The molecule has 0 radical (unpaired) electrons. The number of ether oxygens (including phenoxy) is 2. The Kier molecular flexibility index (Phi) is 39.8. The van der Waals surface area contributed by atoms with Crippen molar-refractivity contribution in [1.82, 2.24) is 103 Å². The molecule has 9 rings (SSSR count). The number of hydrazine groups is 1. The molecule has 4 saturated carbocycles. The molecule has 1 aromatic carbocycles. The number of fused-ring (bicyclic) bond motifs is 5. The van der Waals surface area contributed by atoms with Crippen LogP contribution in [0.4, 0.5) is 0 Å². The Morgan fingerprint density at radius 3 is 1.51 bits per heavy atom. The molecule has 0 spiro atoms. The number of para-hydroxylation sites is 1. The summed E-state index contributed by atoms with van der Waals surface area (Å²) in [6.07, 6.45) is 17.1. The molecule has 7 aliphatic rings. The van der Waals surface area contributed by atoms with Crippen molar-refractivity contribution >= 4 is 58.1 Å². The van der Waals surface area contributed by atoms with Gasteiger partial charge in [-0.15, -0.1) is 0 Å². The number of cyclic esters (lactones) is 1. The quantitative estimate of drug-likeness (QED) is 0.0164. The number of nitrogens with zero attached hydrogens (tertiary/aromatic N) is 8. The van der Waals surface area contributed by atoms with Crippen molar-refractivity contribution in [3.63, 3.8) is 0 Å². The lowest BCUT2D eigenvalue weighted by atomic mass is 9.72. The van der Waals surface area contributed by atoms with E-state index in [9.17, 15) is 33.6 Å². The summed E-state index contributed by atoms with van der Waals surface area (Å²) >= 11 is 0. The van der Waals surface area contributed by atoms with Gasteiger partial charge in [-0.05, 0) is 82.9 Å². The van der Waals surface area contributed by atoms with Crippen LogP contribution in [0.5, 0.6) is 0 Å². The van der Waals surface area contributed by atoms with Gasteiger partial charge in [0.1, 0.15) is 13.2 Å². The zero-order chi connectivity index (χ0) is 78.3. The van der Waals surface area contributed by atoms with Crippen molar-refractivity contribution in [3.8, 4) is 0 Å². The molecule has 0 bridgehead atoms. The highest BCUT2D eigenvalue weighted by molar-refractivity contribution is 5.98. The Morgan fingerprint density at radius 2 is 1.00 bits per heavy atom. The lowest BCUT2D eigenvalue weighted by Gasteiger charge is -2.46. The maximum absolute atomic E-state index is 14.1. The van der Waals surface area contributed by atoms with Gasteiger partial charge in [0.25, 0.3) is 0 Å². The molecule has 3 aliphatic heterocycles. The second-order valence-corrected chi connectivity index (χ2v) is 31.4. The maximum atomic E-state index is 14.1. The number of hydrogen-bond acceptors (Lipinski definition) is 26. The maximum Gasteiger partial charge on any atom is 0.351 e. The Bertz CT molecular complexity index is 3160. The number of aromatic nitrogens is 1. The topological polar surface area (TPSA) is 370 Å². The van der Waals surface area contributed by atoms with Gasteiger partial charge in [0.05, 0.1) is 29.4 Å². The molecule has 624 valence electrons. The molecule has 16 N–H and O–H groups in total. The number of nitrogens with one attached hydrogen (secondary N) is 12. The Balaban J connectivity index is 0.752. The highest BCUT2D eigenvalue weighted by Crippen LogP contribution is 2.47. The predicted molar refractivity (Wildman–Crippen MR) is 435 cm³/mol. The first-order valence-corrected chi connectivity index (χ1v) is 42.6. The molecule has 111 heavy (non-hydrogen) atoms. The lowest BCUT2D eigenvalue weighted by molar-refractivity contribution is -0.204. The number of carbonyl (C=O) groups excluding carboxylic acids is 7. The molecular weight excluding hydrogens is 1410 g/mol. The number of pyridine rings is 1.